The van der Waals surface area contributed by atoms with Crippen molar-refractivity contribution in [2.75, 3.05) is 6.61 Å². The Bertz CT molecular complexity index is 1440. The van der Waals surface area contributed by atoms with Crippen LogP contribution in [0.5, 0.6) is 5.75 Å². The van der Waals surface area contributed by atoms with Crippen molar-refractivity contribution in [1.82, 2.24) is 9.99 Å². The number of hydrazone groups is 1. The molecule has 1 aromatic heterocycles. The molecule has 7 heteroatoms. The third kappa shape index (κ3) is 6.21. The maximum absolute atomic E-state index is 12.6. The van der Waals surface area contributed by atoms with E-state index in [0.717, 1.165) is 33.8 Å². The Morgan fingerprint density at radius 2 is 1.78 bits per heavy atom. The number of hydrogen-bond acceptors (Lipinski definition) is 4. The first-order valence-electron chi connectivity index (χ1n) is 11.7. The monoisotopic (exact) mass is 493 g/mol. The molecule has 0 aliphatic carbocycles. The molecule has 1 heterocycles. The molecule has 0 radical (unpaired) electrons. The highest BCUT2D eigenvalue weighted by atomic mass is 16.5. The zero-order valence-electron chi connectivity index (χ0n) is 20.4. The fraction of sp³-hybridized carbons (Fsp3) is 0.100. The van der Waals surface area contributed by atoms with Crippen LogP contribution >= 0.6 is 0 Å². The van der Waals surface area contributed by atoms with Gasteiger partial charge in [0, 0.05) is 16.9 Å². The molecule has 3 aromatic carbocycles. The van der Waals surface area contributed by atoms with Crippen LogP contribution in [0.25, 0.3) is 16.9 Å². The molecule has 1 amide bonds. The van der Waals surface area contributed by atoms with Gasteiger partial charge in [-0.2, -0.15) is 5.10 Å². The fourth-order valence-electron chi connectivity index (χ4n) is 3.98. The second kappa shape index (κ2) is 11.7. The molecule has 37 heavy (non-hydrogen) atoms. The number of carbonyl (C=O) groups is 2. The first-order chi connectivity index (χ1) is 18.0. The number of aromatic nitrogens is 1. The summed E-state index contributed by atoms with van der Waals surface area (Å²) in [6.07, 6.45) is 3.73. The van der Waals surface area contributed by atoms with Crippen LogP contribution in [0, 0.1) is 6.92 Å². The Labute approximate surface area is 215 Å². The normalized spacial score (nSPS) is 10.8. The van der Waals surface area contributed by atoms with Crippen molar-refractivity contribution in [3.05, 3.63) is 120 Å². The molecule has 0 saturated carbocycles. The molecular formula is C30H27N3O4. The van der Waals surface area contributed by atoms with E-state index in [-0.39, 0.29) is 5.91 Å². The molecular weight excluding hydrogens is 466 g/mol. The number of ether oxygens (including phenoxy) is 1. The summed E-state index contributed by atoms with van der Waals surface area (Å²) in [5.41, 5.74) is 8.78. The molecule has 4 aromatic rings. The van der Waals surface area contributed by atoms with Gasteiger partial charge < -0.3 is 14.4 Å². The summed E-state index contributed by atoms with van der Waals surface area (Å²) in [7, 11) is 0. The molecule has 4 rings (SSSR count). The van der Waals surface area contributed by atoms with E-state index < -0.39 is 12.6 Å². The van der Waals surface area contributed by atoms with Gasteiger partial charge in [0.15, 0.2) is 6.61 Å². The van der Waals surface area contributed by atoms with Crippen LogP contribution < -0.4 is 10.2 Å². The SMILES string of the molecule is C=CCc1cc(/C=N/NC(=O)c2ccc(-n3c(C)ccc3-c3ccccc3)cc2)ccc1OCC(=O)O. The van der Waals surface area contributed by atoms with Crippen molar-refractivity contribution in [2.24, 2.45) is 5.10 Å². The summed E-state index contributed by atoms with van der Waals surface area (Å²) in [5, 5.41) is 12.9. The van der Waals surface area contributed by atoms with Crippen molar-refractivity contribution in [1.29, 1.82) is 0 Å². The third-order valence-corrected chi connectivity index (χ3v) is 5.71. The van der Waals surface area contributed by atoms with Gasteiger partial charge in [-0.15, -0.1) is 6.58 Å². The van der Waals surface area contributed by atoms with Crippen LogP contribution in [0.4, 0.5) is 0 Å². The molecule has 0 bridgehead atoms. The van der Waals surface area contributed by atoms with Crippen LogP contribution in [0.2, 0.25) is 0 Å². The van der Waals surface area contributed by atoms with Gasteiger partial charge in [-0.1, -0.05) is 36.4 Å². The van der Waals surface area contributed by atoms with E-state index in [1.165, 1.54) is 6.21 Å². The number of nitrogens with one attached hydrogen (secondary N) is 1. The summed E-state index contributed by atoms with van der Waals surface area (Å²) >= 11 is 0. The van der Waals surface area contributed by atoms with Crippen LogP contribution in [-0.4, -0.2) is 34.4 Å². The standard InChI is InChI=1S/C30H27N3O4/c1-3-7-25-18-22(11-17-28(25)37-20-29(34)35)19-31-32-30(36)24-12-14-26(15-13-24)33-21(2)10-16-27(33)23-8-5-4-6-9-23/h3-6,8-19H,1,7,20H2,2H3,(H,32,36)(H,34,35)/b31-19+. The first kappa shape index (κ1) is 25.2. The minimum absolute atomic E-state index is 0.331. The van der Waals surface area contributed by atoms with E-state index in [2.05, 4.69) is 45.9 Å². The van der Waals surface area contributed by atoms with Crippen molar-refractivity contribution in [3.63, 3.8) is 0 Å². The van der Waals surface area contributed by atoms with Crippen molar-refractivity contribution >= 4 is 18.1 Å². The average molecular weight is 494 g/mol. The van der Waals surface area contributed by atoms with Gasteiger partial charge in [0.25, 0.3) is 5.91 Å². The van der Waals surface area contributed by atoms with Crippen molar-refractivity contribution < 1.29 is 19.4 Å². The predicted molar refractivity (Wildman–Crippen MR) is 144 cm³/mol. The summed E-state index contributed by atoms with van der Waals surface area (Å²) < 4.78 is 7.47. The quantitative estimate of drug-likeness (QED) is 0.176. The van der Waals surface area contributed by atoms with Crippen LogP contribution in [0.15, 0.2) is 103 Å². The molecule has 0 atom stereocenters. The van der Waals surface area contributed by atoms with Gasteiger partial charge in [-0.25, -0.2) is 10.2 Å². The van der Waals surface area contributed by atoms with Crippen LogP contribution in [0.1, 0.15) is 27.2 Å². The van der Waals surface area contributed by atoms with E-state index in [4.69, 9.17) is 9.84 Å². The number of carboxylic acids is 1. The smallest absolute Gasteiger partial charge is 0.341 e. The minimum Gasteiger partial charge on any atom is -0.482 e. The second-order valence-corrected chi connectivity index (χ2v) is 8.35. The lowest BCUT2D eigenvalue weighted by Crippen LogP contribution is -2.17. The maximum atomic E-state index is 12.6. The number of benzene rings is 3. The zero-order chi connectivity index (χ0) is 26.2. The number of amides is 1. The van der Waals surface area contributed by atoms with E-state index in [9.17, 15) is 9.59 Å². The summed E-state index contributed by atoms with van der Waals surface area (Å²) in [5.74, 6) is -0.911. The van der Waals surface area contributed by atoms with E-state index >= 15 is 0 Å². The largest absolute Gasteiger partial charge is 0.482 e. The molecule has 186 valence electrons. The topological polar surface area (TPSA) is 92.9 Å². The molecule has 0 saturated heterocycles. The van der Waals surface area contributed by atoms with Gasteiger partial charge in [-0.3, -0.25) is 4.79 Å². The van der Waals surface area contributed by atoms with Crippen LogP contribution in [-0.2, 0) is 11.2 Å². The van der Waals surface area contributed by atoms with Gasteiger partial charge in [0.2, 0.25) is 0 Å². The van der Waals surface area contributed by atoms with Crippen molar-refractivity contribution in [3.8, 4) is 22.7 Å². The zero-order valence-corrected chi connectivity index (χ0v) is 20.4. The first-order valence-corrected chi connectivity index (χ1v) is 11.7. The average Bonchev–Trinajstić information content (AvgIpc) is 3.30. The lowest BCUT2D eigenvalue weighted by Gasteiger charge is -2.12. The highest BCUT2D eigenvalue weighted by Crippen LogP contribution is 2.26. The predicted octanol–water partition coefficient (Wildman–Crippen LogP) is 5.41. The van der Waals surface area contributed by atoms with Gasteiger partial charge in [0.05, 0.1) is 11.9 Å². The summed E-state index contributed by atoms with van der Waals surface area (Å²) in [6.45, 7) is 5.35. The number of carboxylic acid groups (broad SMARTS) is 1. The summed E-state index contributed by atoms with van der Waals surface area (Å²) in [6, 6.07) is 26.9. The molecule has 7 nitrogen and oxygen atoms in total. The van der Waals surface area contributed by atoms with E-state index in [1.54, 1.807) is 30.3 Å². The van der Waals surface area contributed by atoms with E-state index in [1.807, 2.05) is 43.3 Å². The molecule has 0 fully saturated rings. The molecule has 0 aliphatic rings. The fourth-order valence-corrected chi connectivity index (χ4v) is 3.98. The highest BCUT2D eigenvalue weighted by Gasteiger charge is 2.11. The number of nitrogens with zero attached hydrogens (tertiary/aromatic N) is 2. The van der Waals surface area contributed by atoms with Gasteiger partial charge in [0.1, 0.15) is 5.75 Å². The number of rotatable bonds is 10. The Morgan fingerprint density at radius 1 is 1.03 bits per heavy atom. The Kier molecular flexibility index (Phi) is 7.95. The summed E-state index contributed by atoms with van der Waals surface area (Å²) in [4.78, 5) is 23.4. The van der Waals surface area contributed by atoms with Crippen molar-refractivity contribution in [2.45, 2.75) is 13.3 Å². The lowest BCUT2D eigenvalue weighted by atomic mass is 10.1. The Hall–Kier alpha value is -4.91. The van der Waals surface area contributed by atoms with Crippen LogP contribution in [0.3, 0.4) is 0 Å². The number of aryl methyl sites for hydroxylation is 1. The third-order valence-electron chi connectivity index (χ3n) is 5.71. The lowest BCUT2D eigenvalue weighted by molar-refractivity contribution is -0.139. The molecule has 2 N–H and O–H groups in total. The Morgan fingerprint density at radius 3 is 2.49 bits per heavy atom. The minimum atomic E-state index is -1.05. The molecule has 0 spiro atoms. The maximum Gasteiger partial charge on any atom is 0.341 e. The molecule has 0 unspecified atom stereocenters. The van der Waals surface area contributed by atoms with Gasteiger partial charge in [-0.05, 0) is 84.6 Å². The Balaban J connectivity index is 1.44. The van der Waals surface area contributed by atoms with Gasteiger partial charge >= 0.3 is 5.97 Å². The number of hydrogen-bond donors (Lipinski definition) is 2. The highest BCUT2D eigenvalue weighted by molar-refractivity contribution is 5.95. The van der Waals surface area contributed by atoms with E-state index in [0.29, 0.717) is 17.7 Å². The molecule has 0 aliphatic heterocycles. The number of aliphatic carboxylic acids is 1. The second-order valence-electron chi connectivity index (χ2n) is 8.35. The number of carbonyl (C=O) groups excluding carboxylic acids is 1. The number of allylic oxidation sites excluding steroid dienone is 1.